The lowest BCUT2D eigenvalue weighted by atomic mass is 9.54. The Hall–Kier alpha value is -0.370. The van der Waals surface area contributed by atoms with E-state index in [0.29, 0.717) is 17.6 Å². The largest absolute Gasteiger partial charge is 0.380 e. The predicted molar refractivity (Wildman–Crippen MR) is 48.2 cm³/mol. The lowest BCUT2D eigenvalue weighted by molar-refractivity contribution is -0.158. The molecule has 0 aromatic heterocycles. The summed E-state index contributed by atoms with van der Waals surface area (Å²) in [4.78, 5) is 11.9. The third-order valence-electron chi connectivity index (χ3n) is 4.33. The van der Waals surface area contributed by atoms with Gasteiger partial charge in [-0.2, -0.15) is 0 Å². The van der Waals surface area contributed by atoms with Gasteiger partial charge < -0.3 is 4.74 Å². The van der Waals surface area contributed by atoms with Crippen LogP contribution in [0.3, 0.4) is 0 Å². The molecule has 72 valence electrons. The van der Waals surface area contributed by atoms with E-state index in [9.17, 15) is 4.79 Å². The normalized spacial score (nSPS) is 53.0. The maximum atomic E-state index is 11.9. The zero-order valence-electron chi connectivity index (χ0n) is 8.03. The van der Waals surface area contributed by atoms with Gasteiger partial charge in [0, 0.05) is 18.9 Å². The van der Waals surface area contributed by atoms with E-state index in [1.54, 1.807) is 7.11 Å². The van der Waals surface area contributed by atoms with Crippen LogP contribution in [0.1, 0.15) is 25.7 Å². The molecule has 0 aliphatic heterocycles. The first-order chi connectivity index (χ1) is 6.29. The zero-order valence-corrected chi connectivity index (χ0v) is 8.03. The van der Waals surface area contributed by atoms with Crippen LogP contribution < -0.4 is 0 Å². The number of hydrogen-bond donors (Lipinski definition) is 0. The van der Waals surface area contributed by atoms with Gasteiger partial charge in [0.1, 0.15) is 5.78 Å². The van der Waals surface area contributed by atoms with Gasteiger partial charge >= 0.3 is 0 Å². The molecule has 4 fully saturated rings. The fourth-order valence-electron chi connectivity index (χ4n) is 3.94. The number of rotatable bonds is 1. The topological polar surface area (TPSA) is 26.3 Å². The van der Waals surface area contributed by atoms with Crippen molar-refractivity contribution < 1.29 is 9.53 Å². The quantitative estimate of drug-likeness (QED) is 0.613. The molecule has 2 nitrogen and oxygen atoms in total. The molecule has 13 heavy (non-hydrogen) atoms. The van der Waals surface area contributed by atoms with Crippen LogP contribution in [0.4, 0.5) is 0 Å². The van der Waals surface area contributed by atoms with Crippen molar-refractivity contribution in [2.45, 2.75) is 31.8 Å². The summed E-state index contributed by atoms with van der Waals surface area (Å²) in [6, 6.07) is 0. The summed E-state index contributed by atoms with van der Waals surface area (Å²) in [6.07, 6.45) is 5.00. The second kappa shape index (κ2) is 2.57. The Morgan fingerprint density at radius 1 is 1.23 bits per heavy atom. The number of methoxy groups -OCH3 is 1. The second-order valence-electron chi connectivity index (χ2n) is 4.98. The monoisotopic (exact) mass is 180 g/mol. The van der Waals surface area contributed by atoms with E-state index in [1.807, 2.05) is 0 Å². The minimum absolute atomic E-state index is 0.264. The van der Waals surface area contributed by atoms with Crippen LogP contribution in [0, 0.1) is 23.7 Å². The summed E-state index contributed by atoms with van der Waals surface area (Å²) < 4.78 is 5.48. The number of carbonyl (C=O) groups is 1. The van der Waals surface area contributed by atoms with Crippen LogP contribution in [0.5, 0.6) is 0 Å². The summed E-state index contributed by atoms with van der Waals surface area (Å²) >= 11 is 0. The first-order valence-corrected chi connectivity index (χ1v) is 5.36. The summed E-state index contributed by atoms with van der Waals surface area (Å²) in [5.41, 5.74) is 0. The molecule has 2 heteroatoms. The molecule has 4 rings (SSSR count). The molecule has 0 saturated heterocycles. The SMILES string of the molecule is CO[C@H]1[C@@H]2C[C@H]3C[C@@H](C2)C(=O)[C@@H]1C3. The molecule has 0 radical (unpaired) electrons. The highest BCUT2D eigenvalue weighted by molar-refractivity contribution is 5.86. The molecule has 0 aromatic carbocycles. The van der Waals surface area contributed by atoms with E-state index >= 15 is 0 Å². The van der Waals surface area contributed by atoms with Gasteiger partial charge in [0.05, 0.1) is 6.10 Å². The van der Waals surface area contributed by atoms with Gasteiger partial charge in [0.2, 0.25) is 0 Å². The molecule has 0 unspecified atom stereocenters. The van der Waals surface area contributed by atoms with Crippen LogP contribution in [0.25, 0.3) is 0 Å². The Morgan fingerprint density at radius 2 is 2.08 bits per heavy atom. The van der Waals surface area contributed by atoms with Crippen molar-refractivity contribution in [3.63, 3.8) is 0 Å². The molecule has 5 atom stereocenters. The van der Waals surface area contributed by atoms with Crippen LogP contribution in [-0.4, -0.2) is 19.0 Å². The number of ether oxygens (including phenoxy) is 1. The number of ketones is 1. The third-order valence-corrected chi connectivity index (χ3v) is 4.33. The summed E-state index contributed by atoms with van der Waals surface area (Å²) in [6.45, 7) is 0. The van der Waals surface area contributed by atoms with Crippen molar-refractivity contribution >= 4 is 5.78 Å². The Labute approximate surface area is 78.6 Å². The minimum atomic E-state index is 0.264. The molecule has 4 bridgehead atoms. The fraction of sp³-hybridized carbons (Fsp3) is 0.909. The van der Waals surface area contributed by atoms with E-state index in [2.05, 4.69) is 0 Å². The Bertz CT molecular complexity index is 248. The number of carbonyl (C=O) groups excluding carboxylic acids is 1. The molecule has 0 spiro atoms. The Kier molecular flexibility index (Phi) is 1.58. The van der Waals surface area contributed by atoms with Gasteiger partial charge in [-0.25, -0.2) is 0 Å². The lowest BCUT2D eigenvalue weighted by Crippen LogP contribution is -2.54. The van der Waals surface area contributed by atoms with Gasteiger partial charge in [-0.05, 0) is 37.5 Å². The van der Waals surface area contributed by atoms with E-state index in [4.69, 9.17) is 4.74 Å². The predicted octanol–water partition coefficient (Wildman–Crippen LogP) is 1.64. The van der Waals surface area contributed by atoms with E-state index in [0.717, 1.165) is 18.8 Å². The minimum Gasteiger partial charge on any atom is -0.380 e. The van der Waals surface area contributed by atoms with Gasteiger partial charge in [0.15, 0.2) is 0 Å². The lowest BCUT2D eigenvalue weighted by Gasteiger charge is -2.52. The summed E-state index contributed by atoms with van der Waals surface area (Å²) in [5.74, 6) is 2.73. The highest BCUT2D eigenvalue weighted by Gasteiger charge is 2.53. The third kappa shape index (κ3) is 0.954. The highest BCUT2D eigenvalue weighted by Crippen LogP contribution is 2.52. The second-order valence-corrected chi connectivity index (χ2v) is 4.98. The standard InChI is InChI=1S/C11H16O2/c1-13-11-8-3-6-2-7(5-8)10(12)9(11)4-6/h6-9,11H,2-5H2,1H3/t6-,7+,8-,9+,11+/m1/s1. The van der Waals surface area contributed by atoms with Crippen molar-refractivity contribution in [3.05, 3.63) is 0 Å². The molecular weight excluding hydrogens is 164 g/mol. The molecular formula is C11H16O2. The van der Waals surface area contributed by atoms with Gasteiger partial charge in [-0.1, -0.05) is 0 Å². The zero-order chi connectivity index (χ0) is 9.00. The molecule has 4 saturated carbocycles. The molecule has 4 aliphatic rings. The van der Waals surface area contributed by atoms with Crippen molar-refractivity contribution in [1.82, 2.24) is 0 Å². The van der Waals surface area contributed by atoms with Crippen LogP contribution in [0.15, 0.2) is 0 Å². The van der Waals surface area contributed by atoms with Gasteiger partial charge in [-0.3, -0.25) is 4.79 Å². The average molecular weight is 180 g/mol. The molecule has 4 aliphatic carbocycles. The van der Waals surface area contributed by atoms with Crippen molar-refractivity contribution in [3.8, 4) is 0 Å². The maximum absolute atomic E-state index is 11.9. The van der Waals surface area contributed by atoms with Gasteiger partial charge in [0.25, 0.3) is 0 Å². The molecule has 0 N–H and O–H groups in total. The molecule has 0 heterocycles. The fourth-order valence-corrected chi connectivity index (χ4v) is 3.94. The first kappa shape index (κ1) is 7.98. The van der Waals surface area contributed by atoms with E-state index < -0.39 is 0 Å². The maximum Gasteiger partial charge on any atom is 0.141 e. The van der Waals surface area contributed by atoms with Crippen molar-refractivity contribution in [1.29, 1.82) is 0 Å². The molecule has 0 amide bonds. The smallest absolute Gasteiger partial charge is 0.141 e. The first-order valence-electron chi connectivity index (χ1n) is 5.36. The van der Waals surface area contributed by atoms with Crippen molar-refractivity contribution in [2.24, 2.45) is 23.7 Å². The van der Waals surface area contributed by atoms with Crippen LogP contribution in [-0.2, 0) is 9.53 Å². The van der Waals surface area contributed by atoms with Crippen LogP contribution >= 0.6 is 0 Å². The van der Waals surface area contributed by atoms with Crippen LogP contribution in [0.2, 0.25) is 0 Å². The Balaban J connectivity index is 1.94. The molecule has 0 aromatic rings. The van der Waals surface area contributed by atoms with Crippen molar-refractivity contribution in [2.75, 3.05) is 7.11 Å². The van der Waals surface area contributed by atoms with Gasteiger partial charge in [-0.15, -0.1) is 0 Å². The Morgan fingerprint density at radius 3 is 2.85 bits per heavy atom. The van der Waals surface area contributed by atoms with E-state index in [-0.39, 0.29) is 12.0 Å². The summed E-state index contributed by atoms with van der Waals surface area (Å²) in [7, 11) is 1.76. The number of hydrogen-bond acceptors (Lipinski definition) is 2. The van der Waals surface area contributed by atoms with E-state index in [1.165, 1.54) is 12.8 Å². The summed E-state index contributed by atoms with van der Waals surface area (Å²) in [5, 5.41) is 0. The average Bonchev–Trinajstić information content (AvgIpc) is 2.13. The number of Topliss-reactive ketones (excluding diaryl/α,β-unsaturated/α-hetero) is 1. The highest BCUT2D eigenvalue weighted by atomic mass is 16.5.